The molecule has 14 rings (SSSR count). The Morgan fingerprint density at radius 1 is 0.300 bits per heavy atom. The van der Waals surface area contributed by atoms with E-state index in [1.165, 1.54) is 120 Å². The maximum Gasteiger partial charge on any atom is 0.0541 e. The van der Waals surface area contributed by atoms with E-state index in [9.17, 15) is 0 Å². The molecule has 4 aliphatic rings. The van der Waals surface area contributed by atoms with Crippen molar-refractivity contribution in [2.75, 3.05) is 0 Å². The topological polar surface area (TPSA) is 9.86 Å². The first-order valence-electron chi connectivity index (χ1n) is 22.1. The van der Waals surface area contributed by atoms with E-state index < -0.39 is 0 Å². The molecule has 60 heavy (non-hydrogen) atoms. The third-order valence-electron chi connectivity index (χ3n) is 15.2. The van der Waals surface area contributed by atoms with E-state index in [0.29, 0.717) is 11.8 Å². The van der Waals surface area contributed by atoms with Crippen LogP contribution in [-0.4, -0.2) is 9.13 Å². The van der Waals surface area contributed by atoms with Gasteiger partial charge in [-0.3, -0.25) is 0 Å². The molecule has 4 saturated carbocycles. The fourth-order valence-electron chi connectivity index (χ4n) is 12.9. The Morgan fingerprint density at radius 2 is 0.583 bits per heavy atom. The average Bonchev–Trinajstić information content (AvgIpc) is 3.83. The molecule has 0 radical (unpaired) electrons. The second-order valence-corrected chi connectivity index (χ2v) is 18.2. The summed E-state index contributed by atoms with van der Waals surface area (Å²) in [5, 5.41) is 5.19. The molecular formula is C58H46N2. The van der Waals surface area contributed by atoms with Crippen molar-refractivity contribution in [3.63, 3.8) is 0 Å². The van der Waals surface area contributed by atoms with Crippen LogP contribution in [0.1, 0.15) is 43.2 Å². The van der Waals surface area contributed by atoms with Gasteiger partial charge in [-0.25, -0.2) is 0 Å². The molecule has 0 saturated heterocycles. The lowest BCUT2D eigenvalue weighted by Crippen LogP contribution is -2.56. The summed E-state index contributed by atoms with van der Waals surface area (Å²) in [7, 11) is 0. The molecule has 2 aromatic heterocycles. The summed E-state index contributed by atoms with van der Waals surface area (Å²) in [6, 6.07) is 73.1. The molecule has 0 unspecified atom stereocenters. The molecule has 0 amide bonds. The van der Waals surface area contributed by atoms with Crippen LogP contribution >= 0.6 is 0 Å². The lowest BCUT2D eigenvalue weighted by atomic mass is 9.42. The van der Waals surface area contributed by atoms with Crippen LogP contribution in [0.25, 0.3) is 77.2 Å². The second-order valence-electron chi connectivity index (χ2n) is 18.2. The molecule has 4 aliphatic carbocycles. The van der Waals surface area contributed by atoms with Crippen molar-refractivity contribution >= 4 is 43.6 Å². The van der Waals surface area contributed by atoms with Gasteiger partial charge in [-0.2, -0.15) is 0 Å². The van der Waals surface area contributed by atoms with Gasteiger partial charge in [0.05, 0.1) is 22.1 Å². The van der Waals surface area contributed by atoms with Crippen LogP contribution in [0.3, 0.4) is 0 Å². The van der Waals surface area contributed by atoms with Crippen molar-refractivity contribution in [3.8, 4) is 33.6 Å². The van der Waals surface area contributed by atoms with Crippen LogP contribution in [0.5, 0.6) is 0 Å². The van der Waals surface area contributed by atoms with Crippen molar-refractivity contribution < 1.29 is 0 Å². The molecule has 2 heteroatoms. The van der Waals surface area contributed by atoms with Crippen LogP contribution in [0.15, 0.2) is 194 Å². The Morgan fingerprint density at radius 3 is 0.900 bits per heavy atom. The van der Waals surface area contributed by atoms with Gasteiger partial charge in [0.2, 0.25) is 0 Å². The number of hydrogen-bond donors (Lipinski definition) is 0. The molecule has 4 fully saturated rings. The molecule has 0 aliphatic heterocycles. The lowest BCUT2D eigenvalue weighted by Gasteiger charge is -2.62. The lowest BCUT2D eigenvalue weighted by molar-refractivity contribution is -0.0418. The summed E-state index contributed by atoms with van der Waals surface area (Å²) in [5.41, 5.74) is 15.6. The van der Waals surface area contributed by atoms with Gasteiger partial charge >= 0.3 is 0 Å². The zero-order chi connectivity index (χ0) is 39.4. The van der Waals surface area contributed by atoms with Gasteiger partial charge in [-0.15, -0.1) is 0 Å². The first kappa shape index (κ1) is 34.2. The summed E-state index contributed by atoms with van der Waals surface area (Å²) in [4.78, 5) is 0. The molecule has 2 heterocycles. The van der Waals surface area contributed by atoms with Crippen molar-refractivity contribution in [3.05, 3.63) is 205 Å². The Hall–Kier alpha value is -6.64. The van der Waals surface area contributed by atoms with Gasteiger partial charge in [0.25, 0.3) is 0 Å². The number of rotatable bonds is 6. The minimum atomic E-state index is 0.0608. The Kier molecular flexibility index (Phi) is 7.52. The van der Waals surface area contributed by atoms with Crippen LogP contribution in [0, 0.1) is 23.7 Å². The van der Waals surface area contributed by atoms with Crippen LogP contribution in [-0.2, 0) is 5.41 Å². The van der Waals surface area contributed by atoms with Gasteiger partial charge in [0, 0.05) is 38.3 Å². The Labute approximate surface area is 351 Å². The largest absolute Gasteiger partial charge is 0.309 e. The van der Waals surface area contributed by atoms with Gasteiger partial charge in [0.15, 0.2) is 0 Å². The summed E-state index contributed by atoms with van der Waals surface area (Å²) in [6.45, 7) is 0. The van der Waals surface area contributed by atoms with Crippen molar-refractivity contribution in [2.24, 2.45) is 23.7 Å². The van der Waals surface area contributed by atoms with Crippen molar-refractivity contribution in [1.29, 1.82) is 0 Å². The smallest absolute Gasteiger partial charge is 0.0541 e. The summed E-state index contributed by atoms with van der Waals surface area (Å²) < 4.78 is 4.81. The molecule has 0 atom stereocenters. The predicted octanol–water partition coefficient (Wildman–Crippen LogP) is 15.0. The van der Waals surface area contributed by atoms with E-state index in [1.54, 1.807) is 0 Å². The fraction of sp³-hybridized carbons (Fsp3) is 0.172. The zero-order valence-corrected chi connectivity index (χ0v) is 33.7. The summed E-state index contributed by atoms with van der Waals surface area (Å²) in [6.07, 6.45) is 6.92. The number of benzene rings is 8. The highest BCUT2D eigenvalue weighted by molar-refractivity contribution is 6.10. The fourth-order valence-corrected chi connectivity index (χ4v) is 12.9. The number of para-hydroxylation sites is 4. The molecule has 0 N–H and O–H groups in total. The molecule has 288 valence electrons. The predicted molar refractivity (Wildman–Crippen MR) is 250 cm³/mol. The maximum absolute atomic E-state index is 2.50. The van der Waals surface area contributed by atoms with Crippen LogP contribution in [0.4, 0.5) is 0 Å². The van der Waals surface area contributed by atoms with E-state index in [-0.39, 0.29) is 5.41 Å². The van der Waals surface area contributed by atoms with E-state index in [0.717, 1.165) is 11.8 Å². The number of hydrogen-bond acceptors (Lipinski definition) is 0. The van der Waals surface area contributed by atoms with Crippen LogP contribution < -0.4 is 0 Å². The molecular weight excluding hydrogens is 725 g/mol. The molecule has 0 spiro atoms. The summed E-state index contributed by atoms with van der Waals surface area (Å²) in [5.74, 6) is 3.20. The van der Waals surface area contributed by atoms with E-state index >= 15 is 0 Å². The number of nitrogens with zero attached hydrogens (tertiary/aromatic N) is 2. The third kappa shape index (κ3) is 5.00. The number of aromatic nitrogens is 2. The monoisotopic (exact) mass is 770 g/mol. The van der Waals surface area contributed by atoms with Gasteiger partial charge in [-0.1, -0.05) is 146 Å². The molecule has 4 bridgehead atoms. The first-order valence-corrected chi connectivity index (χ1v) is 22.1. The van der Waals surface area contributed by atoms with Crippen molar-refractivity contribution in [1.82, 2.24) is 9.13 Å². The SMILES string of the molecule is c1ccc2c(c1)c1ccccc1n2-c1ccc(-c2ccc(C3(c4ccc(-c5ccc(-n6c7ccccc7c7ccccc76)cc5)cc4)C4CC5CC(C4)CC3C5)cc2)cc1. The molecule has 8 aromatic carbocycles. The third-order valence-corrected chi connectivity index (χ3v) is 15.2. The zero-order valence-electron chi connectivity index (χ0n) is 33.7. The Bertz CT molecular complexity index is 2900. The Balaban J connectivity index is 0.832. The first-order chi connectivity index (χ1) is 29.7. The molecule has 10 aromatic rings. The van der Waals surface area contributed by atoms with E-state index in [1.807, 2.05) is 0 Å². The van der Waals surface area contributed by atoms with Crippen molar-refractivity contribution in [2.45, 2.75) is 37.5 Å². The standard InChI is InChI=1S/C58H46N2/c1-5-13-54-50(9-1)51-10-2-6-14-55(51)59(54)48-29-21-42(22-30-48)40-17-25-44(26-18-40)58(46-34-38-33-39(36-46)37-47(58)35-38)45-27-19-41(20-28-45)43-23-31-49(32-24-43)60-56-15-7-3-11-52(56)53-12-4-8-16-57(53)60/h1-32,38-39,46-47H,33-37H2. The minimum Gasteiger partial charge on any atom is -0.309 e. The normalized spacial score (nSPS) is 20.5. The highest BCUT2D eigenvalue weighted by Gasteiger charge is 2.58. The van der Waals surface area contributed by atoms with Crippen LogP contribution in [0.2, 0.25) is 0 Å². The van der Waals surface area contributed by atoms with Gasteiger partial charge in [0.1, 0.15) is 0 Å². The highest BCUT2D eigenvalue weighted by atomic mass is 15.0. The number of fused-ring (bicyclic) bond motifs is 6. The molecule has 2 nitrogen and oxygen atoms in total. The maximum atomic E-state index is 2.50. The van der Waals surface area contributed by atoms with E-state index in [4.69, 9.17) is 0 Å². The summed E-state index contributed by atoms with van der Waals surface area (Å²) >= 11 is 0. The van der Waals surface area contributed by atoms with Gasteiger partial charge in [-0.05, 0) is 138 Å². The highest BCUT2D eigenvalue weighted by Crippen LogP contribution is 2.65. The van der Waals surface area contributed by atoms with Gasteiger partial charge < -0.3 is 9.13 Å². The second kappa shape index (κ2) is 13.2. The van der Waals surface area contributed by atoms with E-state index in [2.05, 4.69) is 203 Å². The minimum absolute atomic E-state index is 0.0608. The quantitative estimate of drug-likeness (QED) is 0.159. The average molecular weight is 771 g/mol.